The maximum Gasteiger partial charge on any atom is 0.272 e. The number of ether oxygens (including phenoxy) is 1. The summed E-state index contributed by atoms with van der Waals surface area (Å²) in [6.45, 7) is 6.89. The van der Waals surface area contributed by atoms with Crippen molar-refractivity contribution in [2.24, 2.45) is 0 Å². The third-order valence-electron chi connectivity index (χ3n) is 6.26. The van der Waals surface area contributed by atoms with E-state index in [0.717, 1.165) is 30.3 Å². The average molecular weight is 457 g/mol. The lowest BCUT2D eigenvalue weighted by molar-refractivity contribution is 0.0737. The van der Waals surface area contributed by atoms with Crippen LogP contribution in [-0.4, -0.2) is 53.9 Å². The van der Waals surface area contributed by atoms with E-state index in [4.69, 9.17) is 14.3 Å². The normalized spacial score (nSPS) is 13.9. The van der Waals surface area contributed by atoms with Crippen LogP contribution in [0.5, 0.6) is 5.75 Å². The molecule has 7 nitrogen and oxygen atoms in total. The number of piperazine rings is 1. The highest BCUT2D eigenvalue weighted by Crippen LogP contribution is 2.26. The van der Waals surface area contributed by atoms with Gasteiger partial charge in [-0.05, 0) is 61.9 Å². The zero-order valence-corrected chi connectivity index (χ0v) is 19.7. The molecule has 0 N–H and O–H groups in total. The molecule has 174 valence electrons. The van der Waals surface area contributed by atoms with E-state index in [1.165, 1.54) is 11.3 Å². The molecule has 1 aliphatic rings. The molecule has 0 bridgehead atoms. The van der Waals surface area contributed by atoms with Crippen LogP contribution in [0.4, 0.5) is 5.69 Å². The lowest BCUT2D eigenvalue weighted by Gasteiger charge is -2.36. The molecule has 2 aromatic carbocycles. The average Bonchev–Trinajstić information content (AvgIpc) is 3.51. The van der Waals surface area contributed by atoms with E-state index in [-0.39, 0.29) is 5.91 Å². The SMILES string of the molecule is COc1ccc(-n2nc(-c3ccc(C)o3)cc2C(=O)N2CCN(c3ccccc3C)CC2)cc1. The second-order valence-electron chi connectivity index (χ2n) is 8.50. The molecule has 0 aliphatic carbocycles. The minimum absolute atomic E-state index is 0.0396. The quantitative estimate of drug-likeness (QED) is 0.435. The Bertz CT molecular complexity index is 1300. The Morgan fingerprint density at radius 2 is 1.68 bits per heavy atom. The van der Waals surface area contributed by atoms with Gasteiger partial charge in [-0.3, -0.25) is 4.79 Å². The van der Waals surface area contributed by atoms with Crippen molar-refractivity contribution in [1.29, 1.82) is 0 Å². The molecule has 34 heavy (non-hydrogen) atoms. The van der Waals surface area contributed by atoms with Crippen molar-refractivity contribution in [3.8, 4) is 22.9 Å². The first-order valence-electron chi connectivity index (χ1n) is 11.4. The van der Waals surface area contributed by atoms with E-state index < -0.39 is 0 Å². The lowest BCUT2D eigenvalue weighted by Crippen LogP contribution is -2.49. The van der Waals surface area contributed by atoms with Gasteiger partial charge in [0.05, 0.1) is 12.8 Å². The maximum atomic E-state index is 13.7. The fourth-order valence-electron chi connectivity index (χ4n) is 4.38. The van der Waals surface area contributed by atoms with Crippen LogP contribution in [0.2, 0.25) is 0 Å². The van der Waals surface area contributed by atoms with Gasteiger partial charge in [-0.15, -0.1) is 0 Å². The molecule has 1 aliphatic heterocycles. The molecular weight excluding hydrogens is 428 g/mol. The smallest absolute Gasteiger partial charge is 0.272 e. The molecule has 0 saturated carbocycles. The molecule has 1 saturated heterocycles. The largest absolute Gasteiger partial charge is 0.497 e. The molecule has 2 aromatic heterocycles. The van der Waals surface area contributed by atoms with Gasteiger partial charge in [0.2, 0.25) is 0 Å². The van der Waals surface area contributed by atoms with Crippen molar-refractivity contribution in [2.75, 3.05) is 38.2 Å². The van der Waals surface area contributed by atoms with E-state index in [0.29, 0.717) is 30.2 Å². The molecule has 0 unspecified atom stereocenters. The Balaban J connectivity index is 1.43. The summed E-state index contributed by atoms with van der Waals surface area (Å²) >= 11 is 0. The number of anilines is 1. The standard InChI is InChI=1S/C27H28N4O3/c1-19-6-4-5-7-24(19)29-14-16-30(17-15-29)27(32)25-18-23(26-13-8-20(2)34-26)28-31(25)21-9-11-22(33-3)12-10-21/h4-13,18H,14-17H2,1-3H3. The number of hydrogen-bond donors (Lipinski definition) is 0. The summed E-state index contributed by atoms with van der Waals surface area (Å²) in [4.78, 5) is 17.9. The fraction of sp³-hybridized carbons (Fsp3) is 0.259. The molecule has 7 heteroatoms. The number of nitrogens with zero attached hydrogens (tertiary/aromatic N) is 4. The lowest BCUT2D eigenvalue weighted by atomic mass is 10.1. The van der Waals surface area contributed by atoms with Crippen molar-refractivity contribution in [3.05, 3.63) is 83.7 Å². The van der Waals surface area contributed by atoms with Gasteiger partial charge in [0.1, 0.15) is 22.9 Å². The predicted octanol–water partition coefficient (Wildman–Crippen LogP) is 4.72. The summed E-state index contributed by atoms with van der Waals surface area (Å²) in [6, 6.07) is 21.5. The first-order valence-corrected chi connectivity index (χ1v) is 11.4. The van der Waals surface area contributed by atoms with Crippen molar-refractivity contribution in [2.45, 2.75) is 13.8 Å². The minimum Gasteiger partial charge on any atom is -0.497 e. The summed E-state index contributed by atoms with van der Waals surface area (Å²) < 4.78 is 12.8. The van der Waals surface area contributed by atoms with Gasteiger partial charge in [-0.1, -0.05) is 18.2 Å². The first kappa shape index (κ1) is 21.8. The van der Waals surface area contributed by atoms with Gasteiger partial charge in [0.25, 0.3) is 5.91 Å². The van der Waals surface area contributed by atoms with Crippen LogP contribution in [0.15, 0.2) is 71.1 Å². The number of amides is 1. The highest BCUT2D eigenvalue weighted by Gasteiger charge is 2.27. The molecule has 5 rings (SSSR count). The minimum atomic E-state index is -0.0396. The molecule has 1 fully saturated rings. The summed E-state index contributed by atoms with van der Waals surface area (Å²) in [5.41, 5.74) is 4.41. The number of rotatable bonds is 5. The second-order valence-corrected chi connectivity index (χ2v) is 8.50. The first-order chi connectivity index (χ1) is 16.5. The van der Waals surface area contributed by atoms with Gasteiger partial charge >= 0.3 is 0 Å². The van der Waals surface area contributed by atoms with E-state index >= 15 is 0 Å². The van der Waals surface area contributed by atoms with Crippen LogP contribution in [0.3, 0.4) is 0 Å². The van der Waals surface area contributed by atoms with Gasteiger partial charge in [-0.2, -0.15) is 5.10 Å². The number of aromatic nitrogens is 2. The van der Waals surface area contributed by atoms with Crippen molar-refractivity contribution in [3.63, 3.8) is 0 Å². The number of aryl methyl sites for hydroxylation is 2. The second kappa shape index (κ2) is 9.09. The highest BCUT2D eigenvalue weighted by molar-refractivity contribution is 5.94. The van der Waals surface area contributed by atoms with Crippen LogP contribution in [0.1, 0.15) is 21.8 Å². The van der Waals surface area contributed by atoms with Crippen LogP contribution >= 0.6 is 0 Å². The number of carbonyl (C=O) groups is 1. The van der Waals surface area contributed by atoms with Crippen LogP contribution in [0.25, 0.3) is 17.1 Å². The summed E-state index contributed by atoms with van der Waals surface area (Å²) in [6.07, 6.45) is 0. The number of methoxy groups -OCH3 is 1. The Kier molecular flexibility index (Phi) is 5.84. The third kappa shape index (κ3) is 4.17. The predicted molar refractivity (Wildman–Crippen MR) is 132 cm³/mol. The number of furan rings is 1. The topological polar surface area (TPSA) is 63.7 Å². The Hall–Kier alpha value is -4.00. The summed E-state index contributed by atoms with van der Waals surface area (Å²) in [5, 5.41) is 4.73. The highest BCUT2D eigenvalue weighted by atomic mass is 16.5. The molecular formula is C27H28N4O3. The van der Waals surface area contributed by atoms with Gasteiger partial charge in [-0.25, -0.2) is 4.68 Å². The molecule has 3 heterocycles. The number of carbonyl (C=O) groups excluding carboxylic acids is 1. The number of para-hydroxylation sites is 1. The van der Waals surface area contributed by atoms with Crippen LogP contribution in [0, 0.1) is 13.8 Å². The fourth-order valence-corrected chi connectivity index (χ4v) is 4.38. The molecule has 0 radical (unpaired) electrons. The van der Waals surface area contributed by atoms with Gasteiger partial charge in [0.15, 0.2) is 5.76 Å². The monoisotopic (exact) mass is 456 g/mol. The zero-order valence-electron chi connectivity index (χ0n) is 19.7. The Morgan fingerprint density at radius 1 is 0.941 bits per heavy atom. The third-order valence-corrected chi connectivity index (χ3v) is 6.26. The number of hydrogen-bond acceptors (Lipinski definition) is 5. The van der Waals surface area contributed by atoms with Crippen molar-refractivity contribution >= 4 is 11.6 Å². The molecule has 0 spiro atoms. The van der Waals surface area contributed by atoms with Crippen molar-refractivity contribution < 1.29 is 13.9 Å². The maximum absolute atomic E-state index is 13.7. The summed E-state index contributed by atoms with van der Waals surface area (Å²) in [5.74, 6) is 2.15. The Morgan fingerprint density at radius 3 is 2.32 bits per heavy atom. The van der Waals surface area contributed by atoms with E-state index in [1.54, 1.807) is 11.8 Å². The summed E-state index contributed by atoms with van der Waals surface area (Å²) in [7, 11) is 1.63. The zero-order chi connectivity index (χ0) is 23.7. The molecule has 1 amide bonds. The van der Waals surface area contributed by atoms with E-state index in [9.17, 15) is 4.79 Å². The molecule has 4 aromatic rings. The van der Waals surface area contributed by atoms with E-state index in [1.807, 2.05) is 54.3 Å². The Labute approximate surface area is 199 Å². The van der Waals surface area contributed by atoms with Gasteiger partial charge in [0, 0.05) is 37.9 Å². The number of benzene rings is 2. The van der Waals surface area contributed by atoms with Crippen LogP contribution in [-0.2, 0) is 0 Å². The van der Waals surface area contributed by atoms with Gasteiger partial charge < -0.3 is 19.0 Å². The van der Waals surface area contributed by atoms with E-state index in [2.05, 4.69) is 36.1 Å². The van der Waals surface area contributed by atoms with Crippen LogP contribution < -0.4 is 9.64 Å². The van der Waals surface area contributed by atoms with Crippen molar-refractivity contribution in [1.82, 2.24) is 14.7 Å². The molecule has 0 atom stereocenters.